The molecule has 150 valence electrons. The van der Waals surface area contributed by atoms with Crippen molar-refractivity contribution in [2.24, 2.45) is 17.8 Å². The summed E-state index contributed by atoms with van der Waals surface area (Å²) in [6.07, 6.45) is 9.80. The molecule has 0 radical (unpaired) electrons. The molecular weight excluding hydrogens is 338 g/mol. The van der Waals surface area contributed by atoms with E-state index in [4.69, 9.17) is 0 Å². The van der Waals surface area contributed by atoms with Gasteiger partial charge in [0, 0.05) is 31.7 Å². The van der Waals surface area contributed by atoms with Crippen LogP contribution in [0.2, 0.25) is 0 Å². The second kappa shape index (κ2) is 9.54. The van der Waals surface area contributed by atoms with E-state index in [0.717, 1.165) is 19.0 Å². The van der Waals surface area contributed by atoms with Gasteiger partial charge < -0.3 is 10.2 Å². The van der Waals surface area contributed by atoms with Crippen molar-refractivity contribution >= 4 is 11.4 Å². The highest BCUT2D eigenvalue weighted by Gasteiger charge is 2.33. The molecule has 2 fully saturated rings. The number of piperidine rings is 1. The van der Waals surface area contributed by atoms with E-state index in [1.165, 1.54) is 51.5 Å². The molecule has 3 atom stereocenters. The van der Waals surface area contributed by atoms with Crippen LogP contribution in [0.25, 0.3) is 0 Å². The molecule has 1 aliphatic carbocycles. The Kier molecular flexibility index (Phi) is 7.11. The third-order valence-corrected chi connectivity index (χ3v) is 6.48. The Hall–Kier alpha value is -1.62. The summed E-state index contributed by atoms with van der Waals surface area (Å²) in [5.74, 6) is 1.80. The first-order valence-corrected chi connectivity index (χ1v) is 10.8. The first-order valence-electron chi connectivity index (χ1n) is 10.8. The lowest BCUT2D eigenvalue weighted by Gasteiger charge is -2.43. The number of hydrogen-bond donors (Lipinski definition) is 1. The van der Waals surface area contributed by atoms with Gasteiger partial charge in [0.1, 0.15) is 5.69 Å². The smallest absolute Gasteiger partial charge is 0.292 e. The van der Waals surface area contributed by atoms with Crippen LogP contribution in [0.4, 0.5) is 11.4 Å². The number of nitrogens with zero attached hydrogens (tertiary/aromatic N) is 2. The fourth-order valence-electron chi connectivity index (χ4n) is 5.13. The molecule has 0 aromatic heterocycles. The van der Waals surface area contributed by atoms with Crippen molar-refractivity contribution in [2.45, 2.75) is 64.8 Å². The summed E-state index contributed by atoms with van der Waals surface area (Å²) in [6.45, 7) is 7.96. The minimum absolute atomic E-state index is 0.175. The molecule has 1 aromatic rings. The van der Waals surface area contributed by atoms with Crippen molar-refractivity contribution in [1.29, 1.82) is 0 Å². The predicted molar refractivity (Wildman–Crippen MR) is 111 cm³/mol. The van der Waals surface area contributed by atoms with Gasteiger partial charge >= 0.3 is 0 Å². The Balaban J connectivity index is 1.59. The van der Waals surface area contributed by atoms with Gasteiger partial charge in [0.25, 0.3) is 5.69 Å². The Bertz CT molecular complexity index is 601. The lowest BCUT2D eigenvalue weighted by molar-refractivity contribution is -0.384. The Morgan fingerprint density at radius 3 is 2.26 bits per heavy atom. The molecule has 0 bridgehead atoms. The zero-order valence-corrected chi connectivity index (χ0v) is 16.9. The minimum Gasteiger partial charge on any atom is -0.376 e. The summed E-state index contributed by atoms with van der Waals surface area (Å²) < 4.78 is 0. The Labute approximate surface area is 163 Å². The lowest BCUT2D eigenvalue weighted by Crippen LogP contribution is -2.51. The number of nitro benzene ring substituents is 1. The highest BCUT2D eigenvalue weighted by Crippen LogP contribution is 2.31. The second-order valence-electron chi connectivity index (χ2n) is 8.83. The SMILES string of the molecule is C[C@@H]1CN(CC2CCCCCCC2)C[C@H](C)[C@@H]1Nc1ccccc1[N+](=O)[O-]. The van der Waals surface area contributed by atoms with Gasteiger partial charge in [-0.3, -0.25) is 10.1 Å². The van der Waals surface area contributed by atoms with Crippen LogP contribution in [0.15, 0.2) is 24.3 Å². The van der Waals surface area contributed by atoms with E-state index >= 15 is 0 Å². The van der Waals surface area contributed by atoms with Crippen LogP contribution in [-0.2, 0) is 0 Å². The maximum Gasteiger partial charge on any atom is 0.292 e. The van der Waals surface area contributed by atoms with Crippen LogP contribution in [-0.4, -0.2) is 35.5 Å². The van der Waals surface area contributed by atoms with Crippen molar-refractivity contribution in [3.8, 4) is 0 Å². The van der Waals surface area contributed by atoms with Gasteiger partial charge in [0.15, 0.2) is 0 Å². The van der Waals surface area contributed by atoms with Gasteiger partial charge in [-0.1, -0.05) is 58.1 Å². The largest absolute Gasteiger partial charge is 0.376 e. The summed E-state index contributed by atoms with van der Waals surface area (Å²) in [4.78, 5) is 13.7. The monoisotopic (exact) mass is 373 g/mol. The molecule has 1 aromatic carbocycles. The fourth-order valence-corrected chi connectivity index (χ4v) is 5.13. The molecule has 1 saturated carbocycles. The molecule has 0 spiro atoms. The molecule has 1 N–H and O–H groups in total. The van der Waals surface area contributed by atoms with Gasteiger partial charge in [-0.2, -0.15) is 0 Å². The lowest BCUT2D eigenvalue weighted by atomic mass is 9.84. The summed E-state index contributed by atoms with van der Waals surface area (Å²) in [5, 5.41) is 14.8. The minimum atomic E-state index is -0.290. The molecule has 5 heteroatoms. The summed E-state index contributed by atoms with van der Waals surface area (Å²) in [5.41, 5.74) is 0.827. The van der Waals surface area contributed by atoms with Crippen LogP contribution < -0.4 is 5.32 Å². The standard InChI is InChI=1S/C22H35N3O2/c1-17-14-24(16-19-10-6-4-3-5-7-11-19)15-18(2)22(17)23-20-12-8-9-13-21(20)25(26)27/h8-9,12-13,17-19,22-23H,3-7,10-11,14-16H2,1-2H3/t17-,18+,22-. The number of nitro groups is 1. The molecule has 0 unspecified atom stereocenters. The number of rotatable bonds is 5. The summed E-state index contributed by atoms with van der Waals surface area (Å²) in [6, 6.07) is 7.29. The number of likely N-dealkylation sites (tertiary alicyclic amines) is 1. The van der Waals surface area contributed by atoms with Crippen molar-refractivity contribution in [1.82, 2.24) is 4.90 Å². The number of hydrogen-bond acceptors (Lipinski definition) is 4. The van der Waals surface area contributed by atoms with Crippen molar-refractivity contribution in [2.75, 3.05) is 25.0 Å². The van der Waals surface area contributed by atoms with Crippen LogP contribution in [0.1, 0.15) is 58.8 Å². The molecule has 27 heavy (non-hydrogen) atoms. The molecule has 1 saturated heterocycles. The molecular formula is C22H35N3O2. The van der Waals surface area contributed by atoms with E-state index in [1.807, 2.05) is 12.1 Å². The average Bonchev–Trinajstić information content (AvgIpc) is 2.60. The third kappa shape index (κ3) is 5.44. The van der Waals surface area contributed by atoms with E-state index in [0.29, 0.717) is 17.5 Å². The van der Waals surface area contributed by atoms with Gasteiger partial charge in [-0.05, 0) is 36.7 Å². The van der Waals surface area contributed by atoms with Crippen LogP contribution in [0.3, 0.4) is 0 Å². The highest BCUT2D eigenvalue weighted by atomic mass is 16.6. The summed E-state index contributed by atoms with van der Waals surface area (Å²) in [7, 11) is 0. The van der Waals surface area contributed by atoms with Crippen molar-refractivity contribution in [3.63, 3.8) is 0 Å². The molecule has 0 amide bonds. The second-order valence-corrected chi connectivity index (χ2v) is 8.83. The molecule has 5 nitrogen and oxygen atoms in total. The number of para-hydroxylation sites is 2. The van der Waals surface area contributed by atoms with Gasteiger partial charge in [0.05, 0.1) is 4.92 Å². The van der Waals surface area contributed by atoms with E-state index in [1.54, 1.807) is 12.1 Å². The zero-order chi connectivity index (χ0) is 19.2. The molecule has 1 heterocycles. The van der Waals surface area contributed by atoms with E-state index in [2.05, 4.69) is 24.1 Å². The topological polar surface area (TPSA) is 58.4 Å². The van der Waals surface area contributed by atoms with Crippen LogP contribution in [0.5, 0.6) is 0 Å². The van der Waals surface area contributed by atoms with Gasteiger partial charge in [-0.25, -0.2) is 0 Å². The normalized spacial score (nSPS) is 28.3. The van der Waals surface area contributed by atoms with Gasteiger partial charge in [0.2, 0.25) is 0 Å². The van der Waals surface area contributed by atoms with E-state index in [9.17, 15) is 10.1 Å². The Morgan fingerprint density at radius 2 is 1.63 bits per heavy atom. The van der Waals surface area contributed by atoms with Gasteiger partial charge in [-0.15, -0.1) is 0 Å². The first kappa shape index (κ1) is 20.1. The van der Waals surface area contributed by atoms with Crippen molar-refractivity contribution in [3.05, 3.63) is 34.4 Å². The summed E-state index contributed by atoms with van der Waals surface area (Å²) >= 11 is 0. The van der Waals surface area contributed by atoms with Crippen LogP contribution >= 0.6 is 0 Å². The highest BCUT2D eigenvalue weighted by molar-refractivity contribution is 5.61. The Morgan fingerprint density at radius 1 is 1.04 bits per heavy atom. The maximum atomic E-state index is 11.3. The number of anilines is 1. The number of benzene rings is 1. The zero-order valence-electron chi connectivity index (χ0n) is 16.9. The molecule has 2 aliphatic rings. The van der Waals surface area contributed by atoms with Crippen molar-refractivity contribution < 1.29 is 4.92 Å². The molecule has 3 rings (SSSR count). The maximum absolute atomic E-state index is 11.3. The first-order chi connectivity index (χ1) is 13.0. The fraction of sp³-hybridized carbons (Fsp3) is 0.727. The molecule has 1 aliphatic heterocycles. The number of nitrogens with one attached hydrogen (secondary N) is 1. The van der Waals surface area contributed by atoms with E-state index < -0.39 is 0 Å². The quantitative estimate of drug-likeness (QED) is 0.560. The third-order valence-electron chi connectivity index (χ3n) is 6.48. The van der Waals surface area contributed by atoms with Crippen LogP contribution in [0, 0.1) is 27.9 Å². The predicted octanol–water partition coefficient (Wildman–Crippen LogP) is 5.32. The average molecular weight is 374 g/mol. The van der Waals surface area contributed by atoms with E-state index in [-0.39, 0.29) is 16.7 Å².